The molecule has 0 saturated carbocycles. The van der Waals surface area contributed by atoms with Crippen LogP contribution in [0.1, 0.15) is 32.6 Å². The topological polar surface area (TPSA) is 75.6 Å². The molecule has 3 heterocycles. The molecule has 2 fully saturated rings. The largest absolute Gasteiger partial charge is 0.481 e. The quantitative estimate of drug-likeness (QED) is 0.776. The Morgan fingerprint density at radius 2 is 2.04 bits per heavy atom. The van der Waals surface area contributed by atoms with Gasteiger partial charge in [-0.2, -0.15) is 4.31 Å². The number of unbranched alkanes of at least 4 members (excludes halogenated alkanes) is 1. The molecule has 7 nitrogen and oxygen atoms in total. The van der Waals surface area contributed by atoms with Crippen LogP contribution in [-0.2, 0) is 10.0 Å². The van der Waals surface area contributed by atoms with E-state index in [1.165, 1.54) is 6.33 Å². The van der Waals surface area contributed by atoms with Gasteiger partial charge in [-0.3, -0.25) is 0 Å². The number of fused-ring (bicyclic) bond motifs is 1. The predicted molar refractivity (Wildman–Crippen MR) is 88.1 cm³/mol. The fourth-order valence-electron chi connectivity index (χ4n) is 3.62. The maximum Gasteiger partial charge on any atom is 0.218 e. The summed E-state index contributed by atoms with van der Waals surface area (Å²) in [5.41, 5.74) is 0. The van der Waals surface area contributed by atoms with Crippen molar-refractivity contribution < 1.29 is 13.2 Å². The molecule has 0 N–H and O–H groups in total. The van der Waals surface area contributed by atoms with Gasteiger partial charge in [0.1, 0.15) is 12.1 Å². The van der Waals surface area contributed by atoms with Crippen LogP contribution in [-0.4, -0.2) is 60.7 Å². The standard InChI is InChI=1S/C15H24N4O3S/c1-3-4-9-23(20,21)19-8-6-12-13(19)5-7-18(12)14-10-15(22-2)17-11-16-14/h10-13H,3-9H2,1-2H3/t12-,13+/m0/s1. The maximum atomic E-state index is 12.5. The number of methoxy groups -OCH3 is 1. The zero-order valence-electron chi connectivity index (χ0n) is 13.7. The second-order valence-corrected chi connectivity index (χ2v) is 8.15. The Morgan fingerprint density at radius 1 is 1.26 bits per heavy atom. The zero-order chi connectivity index (χ0) is 16.4. The minimum absolute atomic E-state index is 0.0674. The summed E-state index contributed by atoms with van der Waals surface area (Å²) in [6.07, 6.45) is 4.81. The average molecular weight is 340 g/mol. The predicted octanol–water partition coefficient (Wildman–Crippen LogP) is 1.27. The van der Waals surface area contributed by atoms with Crippen LogP contribution in [0.4, 0.5) is 5.82 Å². The molecule has 2 aliphatic heterocycles. The molecule has 0 aromatic carbocycles. The molecule has 0 bridgehead atoms. The molecule has 0 radical (unpaired) electrons. The molecule has 23 heavy (non-hydrogen) atoms. The van der Waals surface area contributed by atoms with Crippen molar-refractivity contribution in [3.05, 3.63) is 12.4 Å². The Balaban J connectivity index is 1.76. The van der Waals surface area contributed by atoms with Crippen molar-refractivity contribution in [2.45, 2.75) is 44.7 Å². The lowest BCUT2D eigenvalue weighted by atomic mass is 10.1. The Bertz CT molecular complexity index is 652. The van der Waals surface area contributed by atoms with Gasteiger partial charge in [-0.1, -0.05) is 13.3 Å². The van der Waals surface area contributed by atoms with E-state index in [0.717, 1.165) is 38.0 Å². The van der Waals surface area contributed by atoms with Crippen LogP contribution in [0.3, 0.4) is 0 Å². The molecule has 2 atom stereocenters. The van der Waals surface area contributed by atoms with Crippen molar-refractivity contribution in [1.82, 2.24) is 14.3 Å². The number of anilines is 1. The molecule has 3 rings (SSSR count). The van der Waals surface area contributed by atoms with Crippen LogP contribution in [0.15, 0.2) is 12.4 Å². The normalized spacial score (nSPS) is 24.9. The van der Waals surface area contributed by atoms with Crippen molar-refractivity contribution >= 4 is 15.8 Å². The fourth-order valence-corrected chi connectivity index (χ4v) is 5.55. The number of rotatable bonds is 6. The van der Waals surface area contributed by atoms with E-state index in [4.69, 9.17) is 4.74 Å². The highest BCUT2D eigenvalue weighted by Crippen LogP contribution is 2.36. The molecule has 0 aliphatic carbocycles. The number of nitrogens with zero attached hydrogens (tertiary/aromatic N) is 4. The van der Waals surface area contributed by atoms with Crippen LogP contribution in [0.25, 0.3) is 0 Å². The minimum atomic E-state index is -3.15. The van der Waals surface area contributed by atoms with Crippen LogP contribution in [0.5, 0.6) is 5.88 Å². The van der Waals surface area contributed by atoms with Gasteiger partial charge >= 0.3 is 0 Å². The summed E-state index contributed by atoms with van der Waals surface area (Å²) in [6.45, 7) is 3.44. The third-order valence-electron chi connectivity index (χ3n) is 4.77. The van der Waals surface area contributed by atoms with Gasteiger partial charge in [-0.05, 0) is 19.3 Å². The van der Waals surface area contributed by atoms with Gasteiger partial charge < -0.3 is 9.64 Å². The number of aromatic nitrogens is 2. The van der Waals surface area contributed by atoms with Gasteiger partial charge in [0, 0.05) is 31.2 Å². The van der Waals surface area contributed by atoms with Gasteiger partial charge in [0.05, 0.1) is 12.9 Å². The van der Waals surface area contributed by atoms with Crippen molar-refractivity contribution in [2.24, 2.45) is 0 Å². The van der Waals surface area contributed by atoms with E-state index in [9.17, 15) is 8.42 Å². The van der Waals surface area contributed by atoms with Gasteiger partial charge in [-0.25, -0.2) is 18.4 Å². The Hall–Kier alpha value is -1.41. The van der Waals surface area contributed by atoms with Crippen molar-refractivity contribution in [3.63, 3.8) is 0 Å². The first kappa shape index (κ1) is 16.4. The van der Waals surface area contributed by atoms with E-state index in [0.29, 0.717) is 12.4 Å². The highest BCUT2D eigenvalue weighted by molar-refractivity contribution is 7.89. The second kappa shape index (κ2) is 6.60. The van der Waals surface area contributed by atoms with Gasteiger partial charge in [0.25, 0.3) is 0 Å². The molecule has 2 aliphatic rings. The van der Waals surface area contributed by atoms with E-state index in [1.807, 2.05) is 13.0 Å². The number of hydrogen-bond acceptors (Lipinski definition) is 6. The van der Waals surface area contributed by atoms with Crippen LogP contribution in [0.2, 0.25) is 0 Å². The van der Waals surface area contributed by atoms with E-state index in [2.05, 4.69) is 14.9 Å². The molecule has 8 heteroatoms. The third kappa shape index (κ3) is 3.14. The second-order valence-electron chi connectivity index (χ2n) is 6.10. The molecular weight excluding hydrogens is 316 g/mol. The highest BCUT2D eigenvalue weighted by atomic mass is 32.2. The molecule has 128 valence electrons. The molecule has 1 aromatic rings. The smallest absolute Gasteiger partial charge is 0.218 e. The molecule has 0 unspecified atom stereocenters. The van der Waals surface area contributed by atoms with Crippen LogP contribution in [0, 0.1) is 0 Å². The summed E-state index contributed by atoms with van der Waals surface area (Å²) in [5.74, 6) is 1.61. The number of sulfonamides is 1. The number of hydrogen-bond donors (Lipinski definition) is 0. The Kier molecular flexibility index (Phi) is 4.72. The van der Waals surface area contributed by atoms with Crippen LogP contribution >= 0.6 is 0 Å². The van der Waals surface area contributed by atoms with E-state index in [1.54, 1.807) is 11.4 Å². The molecule has 1 aromatic heterocycles. The summed E-state index contributed by atoms with van der Waals surface area (Å²) in [4.78, 5) is 10.6. The Labute approximate surface area is 137 Å². The molecule has 0 amide bonds. The first-order valence-electron chi connectivity index (χ1n) is 8.19. The first-order valence-corrected chi connectivity index (χ1v) is 9.80. The fraction of sp³-hybridized carbons (Fsp3) is 0.733. The minimum Gasteiger partial charge on any atom is -0.481 e. The zero-order valence-corrected chi connectivity index (χ0v) is 14.5. The Morgan fingerprint density at radius 3 is 2.78 bits per heavy atom. The van der Waals surface area contributed by atoms with E-state index < -0.39 is 10.0 Å². The summed E-state index contributed by atoms with van der Waals surface area (Å²) >= 11 is 0. The lowest BCUT2D eigenvalue weighted by molar-refractivity contribution is 0.387. The van der Waals surface area contributed by atoms with Gasteiger partial charge in [0.15, 0.2) is 0 Å². The van der Waals surface area contributed by atoms with E-state index in [-0.39, 0.29) is 17.8 Å². The monoisotopic (exact) mass is 340 g/mol. The molecule has 2 saturated heterocycles. The summed E-state index contributed by atoms with van der Waals surface area (Å²) in [7, 11) is -1.57. The lowest BCUT2D eigenvalue weighted by Gasteiger charge is -2.26. The third-order valence-corrected chi connectivity index (χ3v) is 6.74. The number of ether oxygens (including phenoxy) is 1. The molecular formula is C15H24N4O3S. The SMILES string of the molecule is CCCCS(=O)(=O)N1CC[C@H]2[C@H]1CCN2c1cc(OC)ncn1. The van der Waals surface area contributed by atoms with E-state index >= 15 is 0 Å². The summed E-state index contributed by atoms with van der Waals surface area (Å²) in [6, 6.07) is 2.08. The van der Waals surface area contributed by atoms with Crippen LogP contribution < -0.4 is 9.64 Å². The molecule has 0 spiro atoms. The van der Waals surface area contributed by atoms with Gasteiger partial charge in [0.2, 0.25) is 15.9 Å². The van der Waals surface area contributed by atoms with Crippen molar-refractivity contribution in [2.75, 3.05) is 30.9 Å². The average Bonchev–Trinajstić information content (AvgIpc) is 3.14. The first-order chi connectivity index (χ1) is 11.1. The van der Waals surface area contributed by atoms with Crippen molar-refractivity contribution in [3.8, 4) is 5.88 Å². The maximum absolute atomic E-state index is 12.5. The summed E-state index contributed by atoms with van der Waals surface area (Å²) in [5, 5.41) is 0. The van der Waals surface area contributed by atoms with Crippen molar-refractivity contribution in [1.29, 1.82) is 0 Å². The lowest BCUT2D eigenvalue weighted by Crippen LogP contribution is -2.40. The van der Waals surface area contributed by atoms with Gasteiger partial charge in [-0.15, -0.1) is 0 Å². The highest BCUT2D eigenvalue weighted by Gasteiger charge is 2.47. The summed E-state index contributed by atoms with van der Waals surface area (Å²) < 4.78 is 32.0.